The number of hydrogen-bond donors (Lipinski definition) is 1. The fourth-order valence-corrected chi connectivity index (χ4v) is 3.56. The van der Waals surface area contributed by atoms with Gasteiger partial charge in [0.15, 0.2) is 0 Å². The van der Waals surface area contributed by atoms with Gasteiger partial charge in [0.1, 0.15) is 18.2 Å². The molecule has 7 heteroatoms. The summed E-state index contributed by atoms with van der Waals surface area (Å²) in [6.07, 6.45) is 4.24. The van der Waals surface area contributed by atoms with Crippen LogP contribution in [-0.2, 0) is 19.6 Å². The van der Waals surface area contributed by atoms with Crippen LogP contribution in [0.1, 0.15) is 34.0 Å². The number of amides is 1. The van der Waals surface area contributed by atoms with Gasteiger partial charge in [-0.15, -0.1) is 0 Å². The molecule has 0 aliphatic heterocycles. The first-order valence-corrected chi connectivity index (χ1v) is 11.0. The van der Waals surface area contributed by atoms with Gasteiger partial charge in [-0.1, -0.05) is 48.9 Å². The van der Waals surface area contributed by atoms with E-state index >= 15 is 0 Å². The van der Waals surface area contributed by atoms with Gasteiger partial charge in [-0.05, 0) is 59.5 Å². The Morgan fingerprint density at radius 2 is 1.91 bits per heavy atom. The Bertz CT molecular complexity index is 1250. The van der Waals surface area contributed by atoms with E-state index in [0.29, 0.717) is 29.4 Å². The summed E-state index contributed by atoms with van der Waals surface area (Å²) in [5.74, 6) is 0.151. The molecule has 1 amide bonds. The van der Waals surface area contributed by atoms with Gasteiger partial charge in [-0.3, -0.25) is 9.48 Å². The lowest BCUT2D eigenvalue weighted by atomic mass is 10.1. The maximum atomic E-state index is 13.2. The zero-order valence-electron chi connectivity index (χ0n) is 18.1. The summed E-state index contributed by atoms with van der Waals surface area (Å²) in [7, 11) is 0. The first-order valence-electron chi connectivity index (χ1n) is 10.6. The number of nitrogens with zero attached hydrogens (tertiary/aromatic N) is 2. The van der Waals surface area contributed by atoms with E-state index < -0.39 is 0 Å². The SMILES string of the molecule is CCc1ccc(OCc2cccc(C(=O)Nc3cnn(Cc4ccc(F)cc4Cl)c3)c2)cc1. The molecule has 0 unspecified atom stereocenters. The predicted octanol–water partition coefficient (Wildman–Crippen LogP) is 6.12. The molecular weight excluding hydrogens is 441 g/mol. The van der Waals surface area contributed by atoms with Crippen LogP contribution in [-0.4, -0.2) is 15.7 Å². The number of aromatic nitrogens is 2. The maximum Gasteiger partial charge on any atom is 0.255 e. The first-order chi connectivity index (χ1) is 16.0. The lowest BCUT2D eigenvalue weighted by molar-refractivity contribution is 0.102. The van der Waals surface area contributed by atoms with Crippen molar-refractivity contribution < 1.29 is 13.9 Å². The highest BCUT2D eigenvalue weighted by Gasteiger charge is 2.10. The number of nitrogens with one attached hydrogen (secondary N) is 1. The third-order valence-corrected chi connectivity index (χ3v) is 5.52. The van der Waals surface area contributed by atoms with Crippen LogP contribution in [0.2, 0.25) is 5.02 Å². The van der Waals surface area contributed by atoms with Gasteiger partial charge >= 0.3 is 0 Å². The van der Waals surface area contributed by atoms with Crippen LogP contribution < -0.4 is 10.1 Å². The number of halogens is 2. The van der Waals surface area contributed by atoms with E-state index in [1.807, 2.05) is 36.4 Å². The molecule has 0 bridgehead atoms. The van der Waals surface area contributed by atoms with Crippen molar-refractivity contribution in [2.24, 2.45) is 0 Å². The van der Waals surface area contributed by atoms with Crippen molar-refractivity contribution in [1.82, 2.24) is 9.78 Å². The molecule has 0 saturated carbocycles. The maximum absolute atomic E-state index is 13.2. The number of aryl methyl sites for hydroxylation is 1. The van der Waals surface area contributed by atoms with E-state index in [9.17, 15) is 9.18 Å². The summed E-state index contributed by atoms with van der Waals surface area (Å²) >= 11 is 6.08. The fraction of sp³-hybridized carbons (Fsp3) is 0.154. The molecule has 5 nitrogen and oxygen atoms in total. The lowest BCUT2D eigenvalue weighted by Gasteiger charge is -2.09. The van der Waals surface area contributed by atoms with Crippen LogP contribution in [0.15, 0.2) is 79.1 Å². The van der Waals surface area contributed by atoms with Gasteiger partial charge in [0.25, 0.3) is 5.91 Å². The van der Waals surface area contributed by atoms with Crippen molar-refractivity contribution >= 4 is 23.2 Å². The Hall–Kier alpha value is -3.64. The van der Waals surface area contributed by atoms with Crippen LogP contribution >= 0.6 is 11.6 Å². The van der Waals surface area contributed by atoms with Crippen molar-refractivity contribution in [3.63, 3.8) is 0 Å². The second-order valence-corrected chi connectivity index (χ2v) is 8.01. The largest absolute Gasteiger partial charge is 0.489 e. The summed E-state index contributed by atoms with van der Waals surface area (Å²) in [5.41, 5.74) is 3.95. The predicted molar refractivity (Wildman–Crippen MR) is 127 cm³/mol. The molecule has 1 N–H and O–H groups in total. The van der Waals surface area contributed by atoms with E-state index in [-0.39, 0.29) is 11.7 Å². The second-order valence-electron chi connectivity index (χ2n) is 7.60. The molecule has 1 heterocycles. The zero-order chi connectivity index (χ0) is 23.2. The Balaban J connectivity index is 1.36. The van der Waals surface area contributed by atoms with Crippen molar-refractivity contribution in [2.75, 3.05) is 5.32 Å². The molecule has 0 aliphatic carbocycles. The summed E-state index contributed by atoms with van der Waals surface area (Å²) < 4.78 is 20.7. The monoisotopic (exact) mass is 463 g/mol. The summed E-state index contributed by atoms with van der Waals surface area (Å²) in [4.78, 5) is 12.7. The summed E-state index contributed by atoms with van der Waals surface area (Å²) in [5, 5.41) is 7.42. The molecule has 0 fully saturated rings. The molecule has 4 aromatic rings. The quantitative estimate of drug-likeness (QED) is 0.342. The Morgan fingerprint density at radius 1 is 1.09 bits per heavy atom. The Labute approximate surface area is 196 Å². The molecule has 0 radical (unpaired) electrons. The number of rotatable bonds is 8. The average Bonchev–Trinajstić information content (AvgIpc) is 3.27. The molecular formula is C26H23ClFN3O2. The van der Waals surface area contributed by atoms with Crippen LogP contribution in [0.5, 0.6) is 5.75 Å². The molecule has 3 aromatic carbocycles. The number of carbonyl (C=O) groups is 1. The Morgan fingerprint density at radius 3 is 2.67 bits per heavy atom. The van der Waals surface area contributed by atoms with Crippen molar-refractivity contribution in [2.45, 2.75) is 26.5 Å². The normalized spacial score (nSPS) is 10.8. The van der Waals surface area contributed by atoms with E-state index in [4.69, 9.17) is 16.3 Å². The van der Waals surface area contributed by atoms with E-state index in [0.717, 1.165) is 23.3 Å². The van der Waals surface area contributed by atoms with Gasteiger partial charge in [-0.25, -0.2) is 4.39 Å². The van der Waals surface area contributed by atoms with Crippen molar-refractivity contribution in [3.05, 3.63) is 112 Å². The van der Waals surface area contributed by atoms with Crippen LogP contribution in [0.3, 0.4) is 0 Å². The third-order valence-electron chi connectivity index (χ3n) is 5.16. The van der Waals surface area contributed by atoms with Crippen molar-refractivity contribution in [1.29, 1.82) is 0 Å². The molecule has 0 atom stereocenters. The standard InChI is InChI=1S/C26H23ClFN3O2/c1-2-18-6-10-24(11-7-18)33-17-19-4-3-5-20(12-19)26(32)30-23-14-29-31(16-23)15-21-8-9-22(28)13-25(21)27/h3-14,16H,2,15,17H2,1H3,(H,30,32). The third kappa shape index (κ3) is 5.99. The van der Waals surface area contributed by atoms with Crippen LogP contribution in [0.4, 0.5) is 10.1 Å². The number of ether oxygens (including phenoxy) is 1. The molecule has 4 rings (SSSR count). The first kappa shape index (κ1) is 22.6. The van der Waals surface area contributed by atoms with E-state index in [1.165, 1.54) is 17.7 Å². The van der Waals surface area contributed by atoms with Crippen LogP contribution in [0, 0.1) is 5.82 Å². The molecule has 168 valence electrons. The number of benzene rings is 3. The van der Waals surface area contributed by atoms with Gasteiger partial charge < -0.3 is 10.1 Å². The Kier molecular flexibility index (Phi) is 7.05. The van der Waals surface area contributed by atoms with E-state index in [1.54, 1.807) is 35.3 Å². The topological polar surface area (TPSA) is 56.1 Å². The number of anilines is 1. The molecule has 33 heavy (non-hydrogen) atoms. The molecule has 0 spiro atoms. The van der Waals surface area contributed by atoms with Gasteiger partial charge in [-0.2, -0.15) is 5.10 Å². The lowest BCUT2D eigenvalue weighted by Crippen LogP contribution is -2.12. The number of carbonyl (C=O) groups excluding carboxylic acids is 1. The minimum absolute atomic E-state index is 0.247. The van der Waals surface area contributed by atoms with Crippen LogP contribution in [0.25, 0.3) is 0 Å². The second kappa shape index (κ2) is 10.3. The molecule has 1 aromatic heterocycles. The molecule has 0 saturated heterocycles. The minimum Gasteiger partial charge on any atom is -0.489 e. The van der Waals surface area contributed by atoms with Gasteiger partial charge in [0.2, 0.25) is 0 Å². The summed E-state index contributed by atoms with van der Waals surface area (Å²) in [6, 6.07) is 19.5. The zero-order valence-corrected chi connectivity index (χ0v) is 18.8. The average molecular weight is 464 g/mol. The highest BCUT2D eigenvalue weighted by Crippen LogP contribution is 2.19. The summed E-state index contributed by atoms with van der Waals surface area (Å²) in [6.45, 7) is 2.84. The smallest absolute Gasteiger partial charge is 0.255 e. The van der Waals surface area contributed by atoms with Crippen molar-refractivity contribution in [3.8, 4) is 5.75 Å². The minimum atomic E-state index is -0.390. The van der Waals surface area contributed by atoms with E-state index in [2.05, 4.69) is 17.3 Å². The molecule has 0 aliphatic rings. The fourth-order valence-electron chi connectivity index (χ4n) is 3.33. The highest BCUT2D eigenvalue weighted by molar-refractivity contribution is 6.31. The highest BCUT2D eigenvalue weighted by atomic mass is 35.5. The van der Waals surface area contributed by atoms with Gasteiger partial charge in [0.05, 0.1) is 18.4 Å². The number of hydrogen-bond acceptors (Lipinski definition) is 3. The van der Waals surface area contributed by atoms with Gasteiger partial charge in [0, 0.05) is 16.8 Å².